The maximum absolute atomic E-state index is 13.1. The summed E-state index contributed by atoms with van der Waals surface area (Å²) in [6, 6.07) is 11.4. The first-order chi connectivity index (χ1) is 12.6. The number of benzene rings is 2. The molecule has 136 valence electrons. The zero-order valence-corrected chi connectivity index (χ0v) is 14.2. The Balaban J connectivity index is 1.33. The first-order valence-electron chi connectivity index (χ1n) is 8.70. The number of halogens is 1. The Kier molecular flexibility index (Phi) is 4.28. The second kappa shape index (κ2) is 6.61. The van der Waals surface area contributed by atoms with Gasteiger partial charge in [0.25, 0.3) is 0 Å². The Morgan fingerprint density at radius 2 is 1.88 bits per heavy atom. The molecular formula is C20H20FNO4. The van der Waals surface area contributed by atoms with Gasteiger partial charge in [-0.1, -0.05) is 18.2 Å². The quantitative estimate of drug-likeness (QED) is 0.834. The number of hydrogen-bond acceptors (Lipinski definition) is 4. The summed E-state index contributed by atoms with van der Waals surface area (Å²) in [5.74, 6) is 0.918. The largest absolute Gasteiger partial charge is 0.454 e. The molecule has 26 heavy (non-hydrogen) atoms. The number of fused-ring (bicyclic) bond motifs is 1. The molecule has 0 aromatic heterocycles. The van der Waals surface area contributed by atoms with Gasteiger partial charge in [0.1, 0.15) is 5.82 Å². The van der Waals surface area contributed by atoms with Crippen LogP contribution < -0.4 is 14.8 Å². The fourth-order valence-electron chi connectivity index (χ4n) is 3.32. The average Bonchev–Trinajstić information content (AvgIpc) is 3.32. The van der Waals surface area contributed by atoms with E-state index in [-0.39, 0.29) is 18.5 Å². The van der Waals surface area contributed by atoms with Gasteiger partial charge in [0.2, 0.25) is 12.7 Å². The number of ether oxygens (including phenoxy) is 2. The third kappa shape index (κ3) is 3.12. The SMILES string of the molecule is O=C(NCCC(O)c1ccc2c(c1)OCO2)C1(c2ccc(F)cc2)CC1. The predicted octanol–water partition coefficient (Wildman–Crippen LogP) is 2.83. The molecular weight excluding hydrogens is 337 g/mol. The highest BCUT2D eigenvalue weighted by atomic mass is 19.1. The Labute approximate surface area is 150 Å². The lowest BCUT2D eigenvalue weighted by Crippen LogP contribution is -2.35. The second-order valence-corrected chi connectivity index (χ2v) is 6.76. The van der Waals surface area contributed by atoms with Gasteiger partial charge < -0.3 is 19.9 Å². The van der Waals surface area contributed by atoms with Gasteiger partial charge in [-0.05, 0) is 54.7 Å². The third-order valence-electron chi connectivity index (χ3n) is 5.07. The van der Waals surface area contributed by atoms with Crippen molar-refractivity contribution >= 4 is 5.91 Å². The van der Waals surface area contributed by atoms with E-state index in [9.17, 15) is 14.3 Å². The minimum absolute atomic E-state index is 0.0676. The van der Waals surface area contributed by atoms with Crippen LogP contribution in [0, 0.1) is 5.82 Å². The lowest BCUT2D eigenvalue weighted by atomic mass is 9.95. The van der Waals surface area contributed by atoms with E-state index >= 15 is 0 Å². The lowest BCUT2D eigenvalue weighted by molar-refractivity contribution is -0.123. The maximum atomic E-state index is 13.1. The van der Waals surface area contributed by atoms with Crippen molar-refractivity contribution in [2.75, 3.05) is 13.3 Å². The highest BCUT2D eigenvalue weighted by Crippen LogP contribution is 2.48. The number of aliphatic hydroxyl groups excluding tert-OH is 1. The van der Waals surface area contributed by atoms with Crippen molar-refractivity contribution in [3.8, 4) is 11.5 Å². The van der Waals surface area contributed by atoms with Gasteiger partial charge in [0.05, 0.1) is 11.5 Å². The Hall–Kier alpha value is -2.60. The molecule has 1 aliphatic heterocycles. The number of aliphatic hydroxyl groups is 1. The van der Waals surface area contributed by atoms with Gasteiger partial charge in [-0.25, -0.2) is 4.39 Å². The zero-order chi connectivity index (χ0) is 18.1. The summed E-state index contributed by atoms with van der Waals surface area (Å²) in [4.78, 5) is 12.6. The molecule has 0 saturated heterocycles. The number of hydrogen-bond donors (Lipinski definition) is 2. The number of amides is 1. The van der Waals surface area contributed by atoms with Crippen molar-refractivity contribution in [2.24, 2.45) is 0 Å². The molecule has 1 aliphatic carbocycles. The van der Waals surface area contributed by atoms with E-state index in [1.165, 1.54) is 12.1 Å². The van der Waals surface area contributed by atoms with Crippen LogP contribution in [0.25, 0.3) is 0 Å². The number of carbonyl (C=O) groups is 1. The number of rotatable bonds is 6. The van der Waals surface area contributed by atoms with Gasteiger partial charge in [-0.15, -0.1) is 0 Å². The van der Waals surface area contributed by atoms with Crippen LogP contribution in [0.2, 0.25) is 0 Å². The van der Waals surface area contributed by atoms with Crippen molar-refractivity contribution in [1.82, 2.24) is 5.32 Å². The van der Waals surface area contributed by atoms with E-state index in [0.717, 1.165) is 24.0 Å². The van der Waals surface area contributed by atoms with Crippen molar-refractivity contribution in [3.05, 3.63) is 59.4 Å². The highest BCUT2D eigenvalue weighted by Gasteiger charge is 2.51. The molecule has 1 fully saturated rings. The number of carbonyl (C=O) groups excluding carboxylic acids is 1. The molecule has 1 heterocycles. The van der Waals surface area contributed by atoms with Crippen molar-refractivity contribution in [3.63, 3.8) is 0 Å². The molecule has 2 aromatic carbocycles. The Morgan fingerprint density at radius 3 is 2.62 bits per heavy atom. The highest BCUT2D eigenvalue weighted by molar-refractivity contribution is 5.91. The molecule has 4 rings (SSSR count). The van der Waals surface area contributed by atoms with Crippen LogP contribution >= 0.6 is 0 Å². The Bertz CT molecular complexity index is 817. The monoisotopic (exact) mass is 357 g/mol. The van der Waals surface area contributed by atoms with Gasteiger partial charge in [0.15, 0.2) is 11.5 Å². The molecule has 5 nitrogen and oxygen atoms in total. The smallest absolute Gasteiger partial charge is 0.231 e. The van der Waals surface area contributed by atoms with Crippen LogP contribution in [0.1, 0.15) is 36.5 Å². The Morgan fingerprint density at radius 1 is 1.15 bits per heavy atom. The van der Waals surface area contributed by atoms with Crippen LogP contribution in [0.3, 0.4) is 0 Å². The molecule has 1 saturated carbocycles. The third-order valence-corrected chi connectivity index (χ3v) is 5.07. The van der Waals surface area contributed by atoms with Crippen molar-refractivity contribution in [1.29, 1.82) is 0 Å². The van der Waals surface area contributed by atoms with E-state index in [1.54, 1.807) is 30.3 Å². The first-order valence-corrected chi connectivity index (χ1v) is 8.70. The molecule has 1 atom stereocenters. The van der Waals surface area contributed by atoms with Gasteiger partial charge in [-0.2, -0.15) is 0 Å². The van der Waals surface area contributed by atoms with Crippen LogP contribution in [-0.4, -0.2) is 24.4 Å². The van der Waals surface area contributed by atoms with E-state index in [0.29, 0.717) is 24.5 Å². The van der Waals surface area contributed by atoms with E-state index in [4.69, 9.17) is 9.47 Å². The number of nitrogens with one attached hydrogen (secondary N) is 1. The molecule has 0 spiro atoms. The summed E-state index contributed by atoms with van der Waals surface area (Å²) in [6.07, 6.45) is 1.21. The molecule has 0 bridgehead atoms. The van der Waals surface area contributed by atoms with E-state index in [1.807, 2.05) is 0 Å². The minimum Gasteiger partial charge on any atom is -0.454 e. The predicted molar refractivity (Wildman–Crippen MR) is 92.5 cm³/mol. The summed E-state index contributed by atoms with van der Waals surface area (Å²) in [6.45, 7) is 0.549. The molecule has 2 aromatic rings. The molecule has 0 radical (unpaired) electrons. The molecule has 1 amide bonds. The lowest BCUT2D eigenvalue weighted by Gasteiger charge is -2.17. The van der Waals surface area contributed by atoms with Gasteiger partial charge >= 0.3 is 0 Å². The van der Waals surface area contributed by atoms with Crippen molar-refractivity contribution < 1.29 is 23.8 Å². The van der Waals surface area contributed by atoms with Crippen molar-refractivity contribution in [2.45, 2.75) is 30.8 Å². The summed E-state index contributed by atoms with van der Waals surface area (Å²) in [5, 5.41) is 13.2. The fourth-order valence-corrected chi connectivity index (χ4v) is 3.32. The fraction of sp³-hybridized carbons (Fsp3) is 0.350. The topological polar surface area (TPSA) is 67.8 Å². The molecule has 1 unspecified atom stereocenters. The zero-order valence-electron chi connectivity index (χ0n) is 14.2. The second-order valence-electron chi connectivity index (χ2n) is 6.76. The van der Waals surface area contributed by atoms with Crippen LogP contribution in [0.4, 0.5) is 4.39 Å². The van der Waals surface area contributed by atoms with Crippen LogP contribution in [-0.2, 0) is 10.2 Å². The molecule has 6 heteroatoms. The first kappa shape index (κ1) is 16.8. The van der Waals surface area contributed by atoms with E-state index in [2.05, 4.69) is 5.32 Å². The summed E-state index contributed by atoms with van der Waals surface area (Å²) < 4.78 is 23.7. The summed E-state index contributed by atoms with van der Waals surface area (Å²) in [7, 11) is 0. The normalized spacial score (nSPS) is 17.6. The summed E-state index contributed by atoms with van der Waals surface area (Å²) in [5.41, 5.74) is 1.02. The van der Waals surface area contributed by atoms with Crippen LogP contribution in [0.5, 0.6) is 11.5 Å². The average molecular weight is 357 g/mol. The van der Waals surface area contributed by atoms with Crippen LogP contribution in [0.15, 0.2) is 42.5 Å². The molecule has 2 N–H and O–H groups in total. The van der Waals surface area contributed by atoms with Gasteiger partial charge in [-0.3, -0.25) is 4.79 Å². The summed E-state index contributed by atoms with van der Waals surface area (Å²) >= 11 is 0. The van der Waals surface area contributed by atoms with Gasteiger partial charge in [0, 0.05) is 6.54 Å². The molecule has 2 aliphatic rings. The maximum Gasteiger partial charge on any atom is 0.231 e. The minimum atomic E-state index is -0.703. The standard InChI is InChI=1S/C20H20FNO4/c21-15-4-2-14(3-5-15)20(8-9-20)19(24)22-10-7-16(23)13-1-6-17-18(11-13)26-12-25-17/h1-6,11,16,23H,7-10,12H2,(H,22,24). The van der Waals surface area contributed by atoms with E-state index < -0.39 is 11.5 Å².